The molecule has 7 N–H and O–H groups in total. The van der Waals surface area contributed by atoms with Crippen LogP contribution in [0.15, 0.2) is 0 Å². The predicted molar refractivity (Wildman–Crippen MR) is 278 cm³/mol. The lowest BCUT2D eigenvalue weighted by atomic mass is 9.98. The summed E-state index contributed by atoms with van der Waals surface area (Å²) in [5.41, 5.74) is 0. The number of aliphatic hydroxyl groups is 6. The number of carbonyl (C=O) groups is 1. The first kappa shape index (κ1) is 64.2. The van der Waals surface area contributed by atoms with E-state index < -0.39 is 55.6 Å². The van der Waals surface area contributed by atoms with Crippen molar-refractivity contribution in [1.82, 2.24) is 5.32 Å². The van der Waals surface area contributed by atoms with Crippen LogP contribution in [0.5, 0.6) is 0 Å². The highest BCUT2D eigenvalue weighted by Crippen LogP contribution is 2.24. The van der Waals surface area contributed by atoms with Crippen molar-refractivity contribution in [3.63, 3.8) is 0 Å². The first-order valence-corrected chi connectivity index (χ1v) is 29.3. The van der Waals surface area contributed by atoms with Gasteiger partial charge >= 0.3 is 0 Å². The average molecular weight is 957 g/mol. The third-order valence-electron chi connectivity index (χ3n) is 14.6. The highest BCUT2D eigenvalue weighted by atomic mass is 16.7. The summed E-state index contributed by atoms with van der Waals surface area (Å²) in [6.45, 7) is 3.66. The molecule has 0 unspecified atom stereocenters. The molecule has 0 aliphatic carbocycles. The zero-order valence-corrected chi connectivity index (χ0v) is 44.1. The molecule has 0 spiro atoms. The summed E-state index contributed by atoms with van der Waals surface area (Å²) in [6.07, 6.45) is 45.5. The van der Waals surface area contributed by atoms with Crippen LogP contribution in [0.25, 0.3) is 0 Å². The summed E-state index contributed by atoms with van der Waals surface area (Å²) in [4.78, 5) is 13.1. The lowest BCUT2D eigenvalue weighted by Gasteiger charge is -2.40. The number of amides is 1. The van der Waals surface area contributed by atoms with Gasteiger partial charge in [0.15, 0.2) is 6.29 Å². The number of nitrogens with one attached hydrogen (secondary N) is 1. The van der Waals surface area contributed by atoms with Crippen LogP contribution in [-0.2, 0) is 14.3 Å². The minimum atomic E-state index is -1.60. The Hall–Kier alpha value is -0.850. The van der Waals surface area contributed by atoms with Crippen molar-refractivity contribution in [1.29, 1.82) is 0 Å². The Balaban J connectivity index is 2.22. The zero-order chi connectivity index (χ0) is 48.8. The topological polar surface area (TPSA) is 169 Å². The zero-order valence-electron chi connectivity index (χ0n) is 44.1. The highest BCUT2D eigenvalue weighted by molar-refractivity contribution is 5.76. The number of aliphatic hydroxyl groups excluding tert-OH is 6. The smallest absolute Gasteiger partial charge is 0.220 e. The molecular weight excluding hydrogens is 843 g/mol. The van der Waals surface area contributed by atoms with Crippen molar-refractivity contribution in [3.8, 4) is 0 Å². The number of ether oxygens (including phenoxy) is 2. The number of hydrogen-bond donors (Lipinski definition) is 7. The lowest BCUT2D eigenvalue weighted by molar-refractivity contribution is -0.303. The summed E-state index contributed by atoms with van der Waals surface area (Å²) in [5, 5.41) is 65.6. The Bertz CT molecular complexity index is 1040. The molecule has 0 aromatic heterocycles. The van der Waals surface area contributed by atoms with Crippen molar-refractivity contribution < 1.29 is 44.9 Å². The van der Waals surface area contributed by atoms with Gasteiger partial charge in [-0.25, -0.2) is 0 Å². The summed E-state index contributed by atoms with van der Waals surface area (Å²) in [5.74, 6) is -0.249. The van der Waals surface area contributed by atoms with Gasteiger partial charge in [0.05, 0.1) is 25.4 Å². The number of unbranched alkanes of at least 4 members (excludes halogenated alkanes) is 40. The fourth-order valence-electron chi connectivity index (χ4n) is 9.85. The highest BCUT2D eigenvalue weighted by Gasteiger charge is 2.44. The molecule has 0 aromatic rings. The fourth-order valence-corrected chi connectivity index (χ4v) is 9.85. The van der Waals surface area contributed by atoms with E-state index >= 15 is 0 Å². The van der Waals surface area contributed by atoms with Crippen LogP contribution in [0.3, 0.4) is 0 Å². The molecule has 400 valence electrons. The molecule has 10 heteroatoms. The fraction of sp³-hybridized carbons (Fsp3) is 0.982. The summed E-state index contributed by atoms with van der Waals surface area (Å²) in [7, 11) is 0. The van der Waals surface area contributed by atoms with Crippen LogP contribution in [0.1, 0.15) is 296 Å². The van der Waals surface area contributed by atoms with Crippen molar-refractivity contribution in [2.24, 2.45) is 0 Å². The van der Waals surface area contributed by atoms with Crippen LogP contribution < -0.4 is 5.32 Å². The van der Waals surface area contributed by atoms with E-state index in [4.69, 9.17) is 9.47 Å². The van der Waals surface area contributed by atoms with E-state index in [-0.39, 0.29) is 18.9 Å². The maximum Gasteiger partial charge on any atom is 0.220 e. The maximum atomic E-state index is 13.1. The van der Waals surface area contributed by atoms with Gasteiger partial charge in [-0.05, 0) is 12.8 Å². The van der Waals surface area contributed by atoms with E-state index in [1.807, 2.05) is 0 Å². The van der Waals surface area contributed by atoms with Crippen molar-refractivity contribution >= 4 is 5.91 Å². The van der Waals surface area contributed by atoms with Gasteiger partial charge < -0.3 is 45.4 Å². The molecule has 0 radical (unpaired) electrons. The largest absolute Gasteiger partial charge is 0.394 e. The molecule has 1 aliphatic heterocycles. The normalized spacial score (nSPS) is 20.0. The van der Waals surface area contributed by atoms with Crippen LogP contribution in [0.4, 0.5) is 0 Å². The van der Waals surface area contributed by atoms with Crippen LogP contribution >= 0.6 is 0 Å². The van der Waals surface area contributed by atoms with E-state index in [0.29, 0.717) is 6.42 Å². The van der Waals surface area contributed by atoms with E-state index in [0.717, 1.165) is 38.5 Å². The molecule has 0 saturated carbocycles. The summed E-state index contributed by atoms with van der Waals surface area (Å²) < 4.78 is 11.2. The van der Waals surface area contributed by atoms with Crippen LogP contribution in [0, 0.1) is 0 Å². The van der Waals surface area contributed by atoms with Gasteiger partial charge in [0, 0.05) is 6.42 Å². The van der Waals surface area contributed by atoms with Crippen molar-refractivity contribution in [2.45, 2.75) is 345 Å². The van der Waals surface area contributed by atoms with Gasteiger partial charge in [-0.1, -0.05) is 277 Å². The minimum Gasteiger partial charge on any atom is -0.394 e. The quantitative estimate of drug-likeness (QED) is 0.0293. The molecular formula is C57H113NO9. The number of hydrogen-bond acceptors (Lipinski definition) is 9. The van der Waals surface area contributed by atoms with Crippen LogP contribution in [0.2, 0.25) is 0 Å². The third kappa shape index (κ3) is 36.7. The van der Waals surface area contributed by atoms with Gasteiger partial charge in [0.1, 0.15) is 30.5 Å². The summed E-state index contributed by atoms with van der Waals surface area (Å²) >= 11 is 0. The second-order valence-corrected chi connectivity index (χ2v) is 20.9. The monoisotopic (exact) mass is 956 g/mol. The maximum absolute atomic E-state index is 13.1. The molecule has 0 aromatic carbocycles. The van der Waals surface area contributed by atoms with Gasteiger partial charge in [0.25, 0.3) is 0 Å². The molecule has 1 aliphatic rings. The molecule has 1 amide bonds. The van der Waals surface area contributed by atoms with Gasteiger partial charge in [-0.2, -0.15) is 0 Å². The molecule has 8 atom stereocenters. The predicted octanol–water partition coefficient (Wildman–Crippen LogP) is 13.2. The Morgan fingerprint density at radius 1 is 0.463 bits per heavy atom. The SMILES string of the molecule is CCCCCCCCCCCCCCCCCCCCCCCCCCCC(=O)N[C@@H](CO[C@H]1O[C@H](CO)[C@H](O)[C@H](O)[C@H]1O)[C@H](O)[C@H](O)CCCCCCCCCCCCCCCCCCC. The Labute approximate surface area is 413 Å². The van der Waals surface area contributed by atoms with E-state index in [2.05, 4.69) is 19.2 Å². The molecule has 1 rings (SSSR count). The van der Waals surface area contributed by atoms with Crippen molar-refractivity contribution in [3.05, 3.63) is 0 Å². The molecule has 1 saturated heterocycles. The van der Waals surface area contributed by atoms with E-state index in [9.17, 15) is 35.4 Å². The number of rotatable bonds is 51. The summed E-state index contributed by atoms with van der Waals surface area (Å²) in [6, 6.07) is -0.986. The average Bonchev–Trinajstić information content (AvgIpc) is 3.33. The van der Waals surface area contributed by atoms with Gasteiger partial charge in [-0.3, -0.25) is 4.79 Å². The Kier molecular flexibility index (Phi) is 45.5. The van der Waals surface area contributed by atoms with E-state index in [1.165, 1.54) is 231 Å². The first-order chi connectivity index (χ1) is 32.8. The molecule has 1 fully saturated rings. The van der Waals surface area contributed by atoms with E-state index in [1.54, 1.807) is 0 Å². The molecule has 10 nitrogen and oxygen atoms in total. The molecule has 1 heterocycles. The first-order valence-electron chi connectivity index (χ1n) is 29.3. The Morgan fingerprint density at radius 3 is 1.10 bits per heavy atom. The second-order valence-electron chi connectivity index (χ2n) is 20.9. The lowest BCUT2D eigenvalue weighted by Crippen LogP contribution is -2.60. The molecule has 67 heavy (non-hydrogen) atoms. The van der Waals surface area contributed by atoms with Gasteiger partial charge in [-0.15, -0.1) is 0 Å². The standard InChI is InChI=1S/C57H113NO9/c1-3-5-7-9-11-13-15-17-19-21-22-23-24-25-26-27-28-30-32-34-36-38-40-42-44-46-52(61)58-49(48-66-57-56(65)55(64)54(63)51(47-59)67-57)53(62)50(60)45-43-41-39-37-35-33-31-29-20-18-16-14-12-10-8-6-4-2/h49-51,53-57,59-60,62-65H,3-48H2,1-2H3,(H,58,61)/t49-,50+,51+,53-,54-,55-,56+,57-/m0/s1. The molecule has 0 bridgehead atoms. The minimum absolute atomic E-state index is 0.249. The van der Waals surface area contributed by atoms with Crippen molar-refractivity contribution in [2.75, 3.05) is 13.2 Å². The second kappa shape index (κ2) is 47.5. The third-order valence-corrected chi connectivity index (χ3v) is 14.6. The Morgan fingerprint density at radius 2 is 0.776 bits per heavy atom. The number of carbonyl (C=O) groups excluding carboxylic acids is 1. The van der Waals surface area contributed by atoms with Gasteiger partial charge in [0.2, 0.25) is 5.91 Å². The van der Waals surface area contributed by atoms with Crippen LogP contribution in [-0.4, -0.2) is 98.7 Å².